The van der Waals surface area contributed by atoms with Gasteiger partial charge in [0.05, 0.1) is 24.8 Å². The average Bonchev–Trinajstić information content (AvgIpc) is 3.26. The number of halogens is 2. The number of nitrogens with zero attached hydrogens (tertiary/aromatic N) is 5. The molecule has 2 aromatic heterocycles. The fraction of sp³-hybridized carbons (Fsp3) is 0.559. The lowest BCUT2D eigenvalue weighted by Crippen LogP contribution is -2.56. The van der Waals surface area contributed by atoms with Gasteiger partial charge in [0.25, 0.3) is 5.91 Å². The van der Waals surface area contributed by atoms with Crippen LogP contribution in [0.4, 0.5) is 8.78 Å². The van der Waals surface area contributed by atoms with Crippen LogP contribution in [-0.2, 0) is 9.53 Å². The Labute approximate surface area is 258 Å². The molecule has 0 spiro atoms. The van der Waals surface area contributed by atoms with Crippen LogP contribution in [0, 0.1) is 30.5 Å². The molecule has 10 heteroatoms. The van der Waals surface area contributed by atoms with E-state index in [0.29, 0.717) is 54.6 Å². The number of aryl methyl sites for hydroxylation is 1. The Balaban J connectivity index is 1.32. The molecule has 3 fully saturated rings. The summed E-state index contributed by atoms with van der Waals surface area (Å²) < 4.78 is 37.3. The lowest BCUT2D eigenvalue weighted by molar-refractivity contribution is -0.130. The summed E-state index contributed by atoms with van der Waals surface area (Å²) in [5.74, 6) is 0.481. The van der Waals surface area contributed by atoms with E-state index in [1.165, 1.54) is 12.1 Å². The molecule has 6 rings (SSSR count). The van der Waals surface area contributed by atoms with E-state index in [1.54, 1.807) is 29.2 Å². The molecule has 44 heavy (non-hydrogen) atoms. The number of imidazole rings is 1. The van der Waals surface area contributed by atoms with Gasteiger partial charge in [-0.15, -0.1) is 0 Å². The van der Waals surface area contributed by atoms with Crippen LogP contribution >= 0.6 is 0 Å². The van der Waals surface area contributed by atoms with Gasteiger partial charge in [0.2, 0.25) is 11.9 Å². The van der Waals surface area contributed by atoms with Crippen molar-refractivity contribution in [1.29, 1.82) is 0 Å². The predicted octanol–water partition coefficient (Wildman–Crippen LogP) is 5.13. The maximum absolute atomic E-state index is 15.4. The summed E-state index contributed by atoms with van der Waals surface area (Å²) in [6.07, 6.45) is 3.99. The van der Waals surface area contributed by atoms with Crippen molar-refractivity contribution in [3.63, 3.8) is 0 Å². The van der Waals surface area contributed by atoms with Gasteiger partial charge < -0.3 is 18.9 Å². The van der Waals surface area contributed by atoms with Gasteiger partial charge in [-0.05, 0) is 67.9 Å². The van der Waals surface area contributed by atoms with Crippen LogP contribution < -0.4 is 0 Å². The number of fused-ring (bicyclic) bond motifs is 1. The maximum Gasteiger partial charge on any atom is 0.254 e. The molecule has 3 saturated heterocycles. The molecule has 3 aliphatic rings. The van der Waals surface area contributed by atoms with Crippen molar-refractivity contribution >= 4 is 17.3 Å². The molecule has 5 heterocycles. The molecule has 8 nitrogen and oxygen atoms in total. The zero-order valence-electron chi connectivity index (χ0n) is 26.4. The van der Waals surface area contributed by atoms with E-state index in [-0.39, 0.29) is 34.9 Å². The second kappa shape index (κ2) is 12.2. The first-order valence-electron chi connectivity index (χ1n) is 15.9. The number of morpholine rings is 1. The number of hydrogen-bond donors (Lipinski definition) is 0. The van der Waals surface area contributed by atoms with E-state index in [1.807, 2.05) is 24.1 Å². The van der Waals surface area contributed by atoms with Crippen LogP contribution in [0.3, 0.4) is 0 Å². The van der Waals surface area contributed by atoms with Crippen molar-refractivity contribution in [2.45, 2.75) is 65.5 Å². The second-order valence-corrected chi connectivity index (χ2v) is 13.2. The van der Waals surface area contributed by atoms with Crippen molar-refractivity contribution in [3.8, 4) is 11.1 Å². The van der Waals surface area contributed by atoms with E-state index in [4.69, 9.17) is 4.74 Å². The Morgan fingerprint density at radius 1 is 1.05 bits per heavy atom. The van der Waals surface area contributed by atoms with Crippen LogP contribution in [0.15, 0.2) is 30.5 Å². The minimum absolute atomic E-state index is 0.149. The Bertz CT molecular complexity index is 1560. The number of carbonyl (C=O) groups excluding carboxylic acids is 2. The molecule has 0 radical (unpaired) electrons. The number of benzene rings is 1. The first kappa shape index (κ1) is 30.6. The fourth-order valence-corrected chi connectivity index (χ4v) is 7.66. The number of likely N-dealkylation sites (tertiary alicyclic amines) is 2. The summed E-state index contributed by atoms with van der Waals surface area (Å²) >= 11 is 0. The summed E-state index contributed by atoms with van der Waals surface area (Å²) in [7, 11) is 0. The SMILES string of the molecule is CC(=O)N1CCC([C@H](C(C)C)N2CC(c3cc(-c4ccc(F)cc4C(=O)N4CCOC[C@H]4C)c4c(F)nc(C)n4c3)C2)CC1. The molecular formula is C34H43F2N5O3. The van der Waals surface area contributed by atoms with Crippen molar-refractivity contribution in [2.75, 3.05) is 45.9 Å². The Morgan fingerprint density at radius 3 is 2.43 bits per heavy atom. The number of amides is 2. The molecule has 0 aliphatic carbocycles. The highest BCUT2D eigenvalue weighted by Gasteiger charge is 2.40. The highest BCUT2D eigenvalue weighted by Crippen LogP contribution is 2.40. The molecule has 3 aromatic rings. The first-order valence-corrected chi connectivity index (χ1v) is 15.9. The first-order chi connectivity index (χ1) is 21.0. The highest BCUT2D eigenvalue weighted by atomic mass is 19.1. The predicted molar refractivity (Wildman–Crippen MR) is 165 cm³/mol. The Hall–Kier alpha value is -3.37. The number of rotatable bonds is 6. The minimum atomic E-state index is -0.612. The topological polar surface area (TPSA) is 70.4 Å². The lowest BCUT2D eigenvalue weighted by Gasteiger charge is -2.50. The highest BCUT2D eigenvalue weighted by molar-refractivity contribution is 6.03. The summed E-state index contributed by atoms with van der Waals surface area (Å²) in [6.45, 7) is 14.5. The van der Waals surface area contributed by atoms with Crippen LogP contribution in [0.1, 0.15) is 68.2 Å². The second-order valence-electron chi connectivity index (χ2n) is 13.2. The third kappa shape index (κ3) is 5.62. The fourth-order valence-electron chi connectivity index (χ4n) is 7.66. The van der Waals surface area contributed by atoms with Crippen LogP contribution in [0.25, 0.3) is 16.6 Å². The number of hydrogen-bond acceptors (Lipinski definition) is 5. The zero-order chi connectivity index (χ0) is 31.3. The molecule has 0 saturated carbocycles. The number of pyridine rings is 1. The maximum atomic E-state index is 15.4. The standard InChI is InChI=1S/C34H43F2N5O3/c1-20(2)31(24-8-10-38(11-9-24)23(5)42)39-16-26(17-39)25-14-29(32-33(36)37-22(4)41(32)18-25)28-7-6-27(35)15-30(28)34(43)40-12-13-44-19-21(40)3/h6-7,14-15,18,20-21,24,26,31H,8-13,16-17,19H2,1-5H3/t21-,31+/m1/s1. The molecule has 3 aliphatic heterocycles. The van der Waals surface area contributed by atoms with Crippen LogP contribution in [-0.4, -0.2) is 93.9 Å². The molecule has 0 unspecified atom stereocenters. The van der Waals surface area contributed by atoms with Gasteiger partial charge in [-0.25, -0.2) is 9.37 Å². The van der Waals surface area contributed by atoms with Crippen molar-refractivity contribution in [2.24, 2.45) is 11.8 Å². The van der Waals surface area contributed by atoms with Gasteiger partial charge in [0, 0.05) is 63.4 Å². The van der Waals surface area contributed by atoms with Crippen LogP contribution in [0.5, 0.6) is 0 Å². The molecule has 2 amide bonds. The van der Waals surface area contributed by atoms with E-state index in [2.05, 4.69) is 23.7 Å². The Morgan fingerprint density at radius 2 is 1.77 bits per heavy atom. The summed E-state index contributed by atoms with van der Waals surface area (Å²) in [4.78, 5) is 36.0. The van der Waals surface area contributed by atoms with Crippen molar-refractivity contribution in [3.05, 3.63) is 59.2 Å². The smallest absolute Gasteiger partial charge is 0.254 e. The zero-order valence-corrected chi connectivity index (χ0v) is 26.4. The summed E-state index contributed by atoms with van der Waals surface area (Å²) in [5, 5.41) is 0. The molecular weight excluding hydrogens is 564 g/mol. The molecule has 1 aromatic carbocycles. The number of carbonyl (C=O) groups is 2. The molecule has 0 bridgehead atoms. The quantitative estimate of drug-likeness (QED) is 0.389. The summed E-state index contributed by atoms with van der Waals surface area (Å²) in [5.41, 5.74) is 2.58. The molecule has 236 valence electrons. The van der Waals surface area contributed by atoms with Crippen LogP contribution in [0.2, 0.25) is 0 Å². The van der Waals surface area contributed by atoms with Gasteiger partial charge in [-0.3, -0.25) is 14.5 Å². The normalized spacial score (nSPS) is 21.2. The van der Waals surface area contributed by atoms with Gasteiger partial charge >= 0.3 is 0 Å². The third-order valence-corrected chi connectivity index (χ3v) is 9.97. The van der Waals surface area contributed by atoms with E-state index < -0.39 is 11.8 Å². The van der Waals surface area contributed by atoms with Gasteiger partial charge in [0.1, 0.15) is 17.2 Å². The van der Waals surface area contributed by atoms with E-state index >= 15 is 4.39 Å². The molecule has 0 N–H and O–H groups in total. The third-order valence-electron chi connectivity index (χ3n) is 9.97. The monoisotopic (exact) mass is 607 g/mol. The number of aromatic nitrogens is 2. The van der Waals surface area contributed by atoms with E-state index in [9.17, 15) is 14.0 Å². The van der Waals surface area contributed by atoms with E-state index in [0.717, 1.165) is 44.6 Å². The number of ether oxygens (including phenoxy) is 1. The van der Waals surface area contributed by atoms with Crippen molar-refractivity contribution < 1.29 is 23.1 Å². The van der Waals surface area contributed by atoms with Crippen molar-refractivity contribution in [1.82, 2.24) is 24.1 Å². The van der Waals surface area contributed by atoms with Gasteiger partial charge in [0.15, 0.2) is 0 Å². The number of piperidine rings is 1. The minimum Gasteiger partial charge on any atom is -0.377 e. The Kier molecular flexibility index (Phi) is 8.50. The average molecular weight is 608 g/mol. The van der Waals surface area contributed by atoms with Gasteiger partial charge in [-0.1, -0.05) is 19.9 Å². The largest absolute Gasteiger partial charge is 0.377 e. The summed E-state index contributed by atoms with van der Waals surface area (Å²) in [6, 6.07) is 6.42. The van der Waals surface area contributed by atoms with Gasteiger partial charge in [-0.2, -0.15) is 4.39 Å². The lowest BCUT2D eigenvalue weighted by atomic mass is 9.78. The molecule has 2 atom stereocenters.